The normalized spacial score (nSPS) is 10.2. The Morgan fingerprint density at radius 3 is 2.26 bits per heavy atom. The molecule has 1 amide bonds. The summed E-state index contributed by atoms with van der Waals surface area (Å²) in [5.41, 5.74) is 1.38. The summed E-state index contributed by atoms with van der Waals surface area (Å²) in [6.45, 7) is 0.0164. The molecule has 0 aliphatic rings. The largest absolute Gasteiger partial charge is 0.320 e. The number of pyridine rings is 1. The average Bonchev–Trinajstić information content (AvgIpc) is 2.69. The molecular weight excluding hydrogens is 346 g/mol. The van der Waals surface area contributed by atoms with Crippen molar-refractivity contribution < 1.29 is 19.1 Å². The number of non-ortho nitro benzene ring substituents is 1. The first-order chi connectivity index (χ1) is 13.0. The van der Waals surface area contributed by atoms with Crippen molar-refractivity contribution in [2.24, 2.45) is 0 Å². The van der Waals surface area contributed by atoms with E-state index in [1.54, 1.807) is 59.4 Å². The third kappa shape index (κ3) is 4.60. The van der Waals surface area contributed by atoms with E-state index in [1.807, 2.05) is 6.07 Å². The molecule has 0 unspecified atom stereocenters. The van der Waals surface area contributed by atoms with Gasteiger partial charge in [-0.15, -0.1) is 0 Å². The lowest BCUT2D eigenvalue weighted by Gasteiger charge is -2.04. The Morgan fingerprint density at radius 2 is 1.59 bits per heavy atom. The summed E-state index contributed by atoms with van der Waals surface area (Å²) < 4.78 is 1.62. The topological polar surface area (TPSA) is 93.2 Å². The van der Waals surface area contributed by atoms with Crippen LogP contribution in [-0.4, -0.2) is 16.6 Å². The number of nitro groups is 1. The molecule has 0 spiro atoms. The van der Waals surface area contributed by atoms with Gasteiger partial charge in [0.2, 0.25) is 6.54 Å². The van der Waals surface area contributed by atoms with E-state index in [2.05, 4.69) is 5.32 Å². The molecule has 3 rings (SSSR count). The number of carbonyl (C=O) groups excluding carboxylic acids is 2. The van der Waals surface area contributed by atoms with E-state index in [0.717, 1.165) is 0 Å². The molecule has 3 aromatic rings. The van der Waals surface area contributed by atoms with Gasteiger partial charge >= 0.3 is 0 Å². The molecule has 0 saturated heterocycles. The first kappa shape index (κ1) is 17.9. The van der Waals surface area contributed by atoms with E-state index in [9.17, 15) is 19.7 Å². The Balaban J connectivity index is 1.64. The molecule has 2 aromatic carbocycles. The first-order valence-electron chi connectivity index (χ1n) is 8.16. The summed E-state index contributed by atoms with van der Waals surface area (Å²) in [6.07, 6.45) is 3.28. The monoisotopic (exact) mass is 362 g/mol. The number of carbonyl (C=O) groups is 2. The molecule has 1 aromatic heterocycles. The van der Waals surface area contributed by atoms with E-state index in [4.69, 9.17) is 0 Å². The average molecular weight is 362 g/mol. The van der Waals surface area contributed by atoms with E-state index < -0.39 is 4.92 Å². The number of hydrogen-bond donors (Lipinski definition) is 1. The summed E-state index contributed by atoms with van der Waals surface area (Å²) >= 11 is 0. The molecule has 7 heteroatoms. The Morgan fingerprint density at radius 1 is 0.926 bits per heavy atom. The van der Waals surface area contributed by atoms with Crippen LogP contribution in [0.4, 0.5) is 11.4 Å². The number of nitrogens with one attached hydrogen (secondary N) is 1. The maximum absolute atomic E-state index is 12.4. The molecule has 0 aliphatic heterocycles. The second-order valence-electron chi connectivity index (χ2n) is 5.81. The van der Waals surface area contributed by atoms with E-state index >= 15 is 0 Å². The minimum Gasteiger partial charge on any atom is -0.320 e. The van der Waals surface area contributed by atoms with Crippen molar-refractivity contribution in [2.45, 2.75) is 6.54 Å². The van der Waals surface area contributed by atoms with Gasteiger partial charge < -0.3 is 5.32 Å². The number of aromatic nitrogens is 1. The van der Waals surface area contributed by atoms with Crippen molar-refractivity contribution in [2.75, 3.05) is 5.32 Å². The van der Waals surface area contributed by atoms with Crippen molar-refractivity contribution in [1.82, 2.24) is 0 Å². The van der Waals surface area contributed by atoms with Crippen molar-refractivity contribution in [1.29, 1.82) is 0 Å². The van der Waals surface area contributed by atoms with Gasteiger partial charge in [0.05, 0.1) is 4.92 Å². The highest BCUT2D eigenvalue weighted by atomic mass is 16.6. The van der Waals surface area contributed by atoms with Crippen LogP contribution in [-0.2, 0) is 11.3 Å². The molecule has 0 fully saturated rings. The number of hydrogen-bond acceptors (Lipinski definition) is 4. The zero-order valence-electron chi connectivity index (χ0n) is 14.2. The third-order valence-corrected chi connectivity index (χ3v) is 3.86. The van der Waals surface area contributed by atoms with Crippen molar-refractivity contribution in [3.8, 4) is 0 Å². The summed E-state index contributed by atoms with van der Waals surface area (Å²) in [4.78, 5) is 34.8. The third-order valence-electron chi connectivity index (χ3n) is 3.86. The Bertz CT molecular complexity index is 986. The highest BCUT2D eigenvalue weighted by Gasteiger charge is 2.14. The molecule has 0 bridgehead atoms. The van der Waals surface area contributed by atoms with Crippen LogP contribution in [0.1, 0.15) is 15.9 Å². The zero-order chi connectivity index (χ0) is 19.2. The van der Waals surface area contributed by atoms with E-state index in [1.165, 1.54) is 18.2 Å². The van der Waals surface area contributed by atoms with Crippen molar-refractivity contribution in [3.63, 3.8) is 0 Å². The van der Waals surface area contributed by atoms with E-state index in [-0.39, 0.29) is 23.9 Å². The molecule has 0 atom stereocenters. The van der Waals surface area contributed by atoms with Gasteiger partial charge in [-0.2, -0.15) is 4.57 Å². The lowest BCUT2D eigenvalue weighted by atomic mass is 10.0. The van der Waals surface area contributed by atoms with Crippen LogP contribution in [0.5, 0.6) is 0 Å². The van der Waals surface area contributed by atoms with Gasteiger partial charge in [0.1, 0.15) is 0 Å². The molecule has 1 heterocycles. The van der Waals surface area contributed by atoms with E-state index in [0.29, 0.717) is 16.8 Å². The second-order valence-corrected chi connectivity index (χ2v) is 5.81. The zero-order valence-corrected chi connectivity index (χ0v) is 14.2. The standard InChI is InChI=1S/C20H15N3O4/c24-19(21-17-7-4-8-18(13-17)23(26)27)14-22-11-9-16(10-12-22)20(25)15-5-2-1-3-6-15/h1-13H,14H2/p+1. The van der Waals surface area contributed by atoms with Gasteiger partial charge in [-0.3, -0.25) is 19.7 Å². The van der Waals surface area contributed by atoms with Crippen LogP contribution in [0, 0.1) is 10.1 Å². The van der Waals surface area contributed by atoms with Crippen LogP contribution < -0.4 is 9.88 Å². The van der Waals surface area contributed by atoms with Crippen molar-refractivity contribution >= 4 is 23.1 Å². The van der Waals surface area contributed by atoms with Gasteiger partial charge in [-0.25, -0.2) is 0 Å². The highest BCUT2D eigenvalue weighted by Crippen LogP contribution is 2.16. The molecule has 0 aliphatic carbocycles. The van der Waals surface area contributed by atoms with Gasteiger partial charge in [0.15, 0.2) is 18.2 Å². The molecule has 134 valence electrons. The number of rotatable bonds is 6. The Kier molecular flexibility index (Phi) is 5.32. The quantitative estimate of drug-likeness (QED) is 0.316. The summed E-state index contributed by atoms with van der Waals surface area (Å²) in [5.74, 6) is -0.425. The fourth-order valence-electron chi connectivity index (χ4n) is 2.53. The van der Waals surface area contributed by atoms with Crippen LogP contribution >= 0.6 is 0 Å². The van der Waals surface area contributed by atoms with Gasteiger partial charge in [-0.1, -0.05) is 36.4 Å². The predicted molar refractivity (Wildman–Crippen MR) is 98.2 cm³/mol. The molecule has 27 heavy (non-hydrogen) atoms. The van der Waals surface area contributed by atoms with Crippen LogP contribution in [0.2, 0.25) is 0 Å². The minimum atomic E-state index is -0.521. The predicted octanol–water partition coefficient (Wildman–Crippen LogP) is 2.75. The smallest absolute Gasteiger partial charge is 0.290 e. The number of amides is 1. The first-order valence-corrected chi connectivity index (χ1v) is 8.16. The maximum Gasteiger partial charge on any atom is 0.290 e. The lowest BCUT2D eigenvalue weighted by molar-refractivity contribution is -0.684. The summed E-state index contributed by atoms with van der Waals surface area (Å²) in [5, 5.41) is 13.4. The molecular formula is C20H16N3O4+. The fourth-order valence-corrected chi connectivity index (χ4v) is 2.53. The van der Waals surface area contributed by atoms with Crippen LogP contribution in [0.25, 0.3) is 0 Å². The van der Waals surface area contributed by atoms with Gasteiger partial charge in [-0.05, 0) is 6.07 Å². The number of benzene rings is 2. The van der Waals surface area contributed by atoms with Crippen LogP contribution in [0.15, 0.2) is 79.1 Å². The molecule has 7 nitrogen and oxygen atoms in total. The fraction of sp³-hybridized carbons (Fsp3) is 0.0500. The van der Waals surface area contributed by atoms with Crippen molar-refractivity contribution in [3.05, 3.63) is 100 Å². The Labute approximate surface area is 155 Å². The van der Waals surface area contributed by atoms with Crippen LogP contribution in [0.3, 0.4) is 0 Å². The number of ketones is 1. The van der Waals surface area contributed by atoms with Gasteiger partial charge in [0.25, 0.3) is 11.6 Å². The number of nitro benzene ring substituents is 1. The Hall–Kier alpha value is -3.87. The minimum absolute atomic E-state index is 0.0164. The van der Waals surface area contributed by atoms with Gasteiger partial charge in [0, 0.05) is 41.1 Å². The molecule has 1 N–H and O–H groups in total. The number of anilines is 1. The SMILES string of the molecule is O=C(C[n+]1ccc(C(=O)c2ccccc2)cc1)Nc1cccc([N+](=O)[O-])c1. The lowest BCUT2D eigenvalue weighted by Crippen LogP contribution is -2.39. The highest BCUT2D eigenvalue weighted by molar-refractivity contribution is 6.08. The summed E-state index contributed by atoms with van der Waals surface area (Å²) in [7, 11) is 0. The molecule has 0 radical (unpaired) electrons. The summed E-state index contributed by atoms with van der Waals surface area (Å²) in [6, 6.07) is 18.0. The second kappa shape index (κ2) is 8.01. The number of nitrogens with zero attached hydrogens (tertiary/aromatic N) is 2. The molecule has 0 saturated carbocycles. The maximum atomic E-state index is 12.4.